The number of carboxylic acids is 1. The summed E-state index contributed by atoms with van der Waals surface area (Å²) >= 11 is 5.88. The monoisotopic (exact) mass is 331 g/mol. The van der Waals surface area contributed by atoms with E-state index in [1.807, 2.05) is 12.1 Å². The van der Waals surface area contributed by atoms with Crippen molar-refractivity contribution in [2.24, 2.45) is 5.92 Å². The van der Waals surface area contributed by atoms with Crippen LogP contribution in [0.3, 0.4) is 0 Å². The maximum Gasteiger partial charge on any atom is 0.308 e. The molecule has 1 fully saturated rings. The molecule has 1 aliphatic rings. The van der Waals surface area contributed by atoms with E-state index in [4.69, 9.17) is 11.6 Å². The van der Waals surface area contributed by atoms with Gasteiger partial charge in [-0.25, -0.2) is 0 Å². The molecule has 118 valence electrons. The maximum absolute atomic E-state index is 12.5. The highest BCUT2D eigenvalue weighted by Gasteiger charge is 2.40. The number of likely N-dealkylation sites (tertiary alicyclic amines) is 1. The van der Waals surface area contributed by atoms with Gasteiger partial charge in [-0.1, -0.05) is 23.7 Å². The predicted molar refractivity (Wildman–Crippen MR) is 83.3 cm³/mol. The van der Waals surface area contributed by atoms with Crippen LogP contribution in [0.5, 0.6) is 0 Å². The van der Waals surface area contributed by atoms with Crippen molar-refractivity contribution in [3.8, 4) is 0 Å². The molecule has 1 aliphatic heterocycles. The van der Waals surface area contributed by atoms with Crippen molar-refractivity contribution in [1.82, 2.24) is 15.1 Å². The minimum atomic E-state index is -0.909. The van der Waals surface area contributed by atoms with Crippen LogP contribution in [-0.4, -0.2) is 45.2 Å². The van der Waals surface area contributed by atoms with Gasteiger partial charge in [-0.05, 0) is 23.8 Å². The first kappa shape index (κ1) is 15.4. The van der Waals surface area contributed by atoms with Crippen LogP contribution in [0.25, 0.3) is 0 Å². The van der Waals surface area contributed by atoms with Crippen LogP contribution in [-0.2, 0) is 4.79 Å². The summed E-state index contributed by atoms with van der Waals surface area (Å²) in [6, 6.07) is 8.65. The molecular formula is C16H14ClN3O3. The minimum absolute atomic E-state index is 0.170. The molecule has 3 rings (SSSR count). The number of rotatable bonds is 3. The highest BCUT2D eigenvalue weighted by atomic mass is 35.5. The second-order valence-electron chi connectivity index (χ2n) is 5.44. The quantitative estimate of drug-likeness (QED) is 0.930. The zero-order valence-electron chi connectivity index (χ0n) is 12.1. The number of amides is 1. The summed E-state index contributed by atoms with van der Waals surface area (Å²) in [7, 11) is 0. The molecule has 1 saturated heterocycles. The number of nitrogens with zero attached hydrogens (tertiary/aromatic N) is 3. The molecule has 2 heterocycles. The fourth-order valence-electron chi connectivity index (χ4n) is 2.87. The Morgan fingerprint density at radius 1 is 1.13 bits per heavy atom. The van der Waals surface area contributed by atoms with E-state index in [2.05, 4.69) is 10.2 Å². The maximum atomic E-state index is 12.5. The van der Waals surface area contributed by atoms with E-state index in [9.17, 15) is 14.7 Å². The largest absolute Gasteiger partial charge is 0.481 e. The fraction of sp³-hybridized carbons (Fsp3) is 0.250. The lowest BCUT2D eigenvalue weighted by Crippen LogP contribution is -2.30. The molecule has 0 saturated carbocycles. The standard InChI is InChI=1S/C16H14ClN3O3/c17-12-3-1-10(2-4-12)13-8-20(9-14(13)16(22)23)15(21)11-5-6-18-19-7-11/h1-7,13-14H,8-9H2,(H,22,23)/t13-,14+/m0/s1. The molecule has 7 heteroatoms. The first-order valence-electron chi connectivity index (χ1n) is 7.10. The van der Waals surface area contributed by atoms with Gasteiger partial charge in [-0.2, -0.15) is 10.2 Å². The number of halogens is 1. The van der Waals surface area contributed by atoms with Crippen molar-refractivity contribution in [3.05, 3.63) is 58.9 Å². The number of aliphatic carboxylic acids is 1. The van der Waals surface area contributed by atoms with Gasteiger partial charge in [0, 0.05) is 24.0 Å². The van der Waals surface area contributed by atoms with Crippen LogP contribution in [0.4, 0.5) is 0 Å². The fourth-order valence-corrected chi connectivity index (χ4v) is 2.99. The van der Waals surface area contributed by atoms with Gasteiger partial charge in [-0.3, -0.25) is 9.59 Å². The zero-order valence-corrected chi connectivity index (χ0v) is 12.8. The number of carbonyl (C=O) groups excluding carboxylic acids is 1. The number of benzene rings is 1. The lowest BCUT2D eigenvalue weighted by atomic mass is 9.89. The van der Waals surface area contributed by atoms with Crippen molar-refractivity contribution in [3.63, 3.8) is 0 Å². The molecule has 2 atom stereocenters. The average Bonchev–Trinajstić information content (AvgIpc) is 3.01. The minimum Gasteiger partial charge on any atom is -0.481 e. The summed E-state index contributed by atoms with van der Waals surface area (Å²) in [4.78, 5) is 25.6. The lowest BCUT2D eigenvalue weighted by Gasteiger charge is -2.16. The van der Waals surface area contributed by atoms with Crippen molar-refractivity contribution < 1.29 is 14.7 Å². The van der Waals surface area contributed by atoms with Gasteiger partial charge in [0.15, 0.2) is 0 Å². The van der Waals surface area contributed by atoms with Crippen LogP contribution in [0.2, 0.25) is 5.02 Å². The Hall–Kier alpha value is -2.47. The van der Waals surface area contributed by atoms with Crippen molar-refractivity contribution in [1.29, 1.82) is 0 Å². The number of hydrogen-bond acceptors (Lipinski definition) is 4. The molecule has 0 unspecified atom stereocenters. The summed E-state index contributed by atoms with van der Waals surface area (Å²) < 4.78 is 0. The van der Waals surface area contributed by atoms with Crippen LogP contribution >= 0.6 is 11.6 Å². The van der Waals surface area contributed by atoms with E-state index in [-0.39, 0.29) is 18.4 Å². The second kappa shape index (κ2) is 6.34. The van der Waals surface area contributed by atoms with Gasteiger partial charge >= 0.3 is 5.97 Å². The van der Waals surface area contributed by atoms with Gasteiger partial charge in [0.1, 0.15) is 0 Å². The topological polar surface area (TPSA) is 83.4 Å². The molecule has 0 spiro atoms. The van der Waals surface area contributed by atoms with Crippen molar-refractivity contribution >= 4 is 23.5 Å². The van der Waals surface area contributed by atoms with Crippen molar-refractivity contribution in [2.75, 3.05) is 13.1 Å². The first-order valence-corrected chi connectivity index (χ1v) is 7.48. The van der Waals surface area contributed by atoms with Crippen molar-refractivity contribution in [2.45, 2.75) is 5.92 Å². The normalized spacial score (nSPS) is 20.5. The highest BCUT2D eigenvalue weighted by molar-refractivity contribution is 6.30. The molecular weight excluding hydrogens is 318 g/mol. The molecule has 1 amide bonds. The predicted octanol–water partition coefficient (Wildman–Crippen LogP) is 2.07. The van der Waals surface area contributed by atoms with E-state index >= 15 is 0 Å². The second-order valence-corrected chi connectivity index (χ2v) is 5.88. The van der Waals surface area contributed by atoms with E-state index in [1.165, 1.54) is 12.4 Å². The summed E-state index contributed by atoms with van der Waals surface area (Å²) in [6.07, 6.45) is 2.82. The SMILES string of the molecule is O=C(O)[C@@H]1CN(C(=O)c2ccnnc2)C[C@H]1c1ccc(Cl)cc1. The molecule has 1 aromatic heterocycles. The van der Waals surface area contributed by atoms with Gasteiger partial charge in [-0.15, -0.1) is 0 Å². The summed E-state index contributed by atoms with van der Waals surface area (Å²) in [5.41, 5.74) is 1.27. The Balaban J connectivity index is 1.85. The van der Waals surface area contributed by atoms with Crippen LogP contribution < -0.4 is 0 Å². The Kier molecular flexibility index (Phi) is 4.25. The molecule has 1 aromatic carbocycles. The van der Waals surface area contributed by atoms with Crippen LogP contribution in [0.1, 0.15) is 21.8 Å². The molecule has 6 nitrogen and oxygen atoms in total. The van der Waals surface area contributed by atoms with E-state index in [1.54, 1.807) is 23.1 Å². The third-order valence-corrected chi connectivity index (χ3v) is 4.31. The Morgan fingerprint density at radius 3 is 2.48 bits per heavy atom. The van der Waals surface area contributed by atoms with E-state index in [0.717, 1.165) is 5.56 Å². The number of carboxylic acid groups (broad SMARTS) is 1. The molecule has 0 aliphatic carbocycles. The van der Waals surface area contributed by atoms with Crippen LogP contribution in [0, 0.1) is 5.92 Å². The van der Waals surface area contributed by atoms with Crippen LogP contribution in [0.15, 0.2) is 42.7 Å². The summed E-state index contributed by atoms with van der Waals surface area (Å²) in [5, 5.41) is 17.4. The Bertz CT molecular complexity index is 721. The average molecular weight is 332 g/mol. The van der Waals surface area contributed by atoms with Gasteiger partial charge < -0.3 is 10.0 Å². The molecule has 2 aromatic rings. The van der Waals surface area contributed by atoms with Gasteiger partial charge in [0.05, 0.1) is 23.9 Å². The zero-order chi connectivity index (χ0) is 16.4. The molecule has 23 heavy (non-hydrogen) atoms. The summed E-state index contributed by atoms with van der Waals surface area (Å²) in [6.45, 7) is 0.517. The molecule has 0 radical (unpaired) electrons. The first-order chi connectivity index (χ1) is 11.1. The van der Waals surface area contributed by atoms with Gasteiger partial charge in [0.25, 0.3) is 5.91 Å². The number of carbonyl (C=O) groups is 2. The molecule has 1 N–H and O–H groups in total. The Labute approximate surface area is 137 Å². The third-order valence-electron chi connectivity index (χ3n) is 4.05. The summed E-state index contributed by atoms with van der Waals surface area (Å²) in [5.74, 6) is -2.05. The third kappa shape index (κ3) is 3.17. The highest BCUT2D eigenvalue weighted by Crippen LogP contribution is 2.34. The number of aromatic nitrogens is 2. The van der Waals surface area contributed by atoms with E-state index < -0.39 is 11.9 Å². The van der Waals surface area contributed by atoms with E-state index in [0.29, 0.717) is 17.1 Å². The number of hydrogen-bond donors (Lipinski definition) is 1. The Morgan fingerprint density at radius 2 is 1.87 bits per heavy atom. The molecule has 0 bridgehead atoms. The smallest absolute Gasteiger partial charge is 0.308 e. The lowest BCUT2D eigenvalue weighted by molar-refractivity contribution is -0.141. The van der Waals surface area contributed by atoms with Gasteiger partial charge in [0.2, 0.25) is 0 Å².